The Hall–Kier alpha value is -3.61. The van der Waals surface area contributed by atoms with Gasteiger partial charge in [-0.05, 0) is 66.8 Å². The Bertz CT molecular complexity index is 1090. The van der Waals surface area contributed by atoms with E-state index in [-0.39, 0.29) is 46.6 Å². The van der Waals surface area contributed by atoms with E-state index in [4.69, 9.17) is 4.74 Å². The van der Waals surface area contributed by atoms with E-state index in [1.807, 2.05) is 12.2 Å². The molecule has 2 aromatic rings. The van der Waals surface area contributed by atoms with Crippen LogP contribution in [0.4, 0.5) is 10.1 Å². The van der Waals surface area contributed by atoms with Crippen molar-refractivity contribution in [1.29, 1.82) is 0 Å². The Morgan fingerprint density at radius 1 is 0.871 bits per heavy atom. The number of anilines is 1. The predicted octanol–water partition coefficient (Wildman–Crippen LogP) is 3.18. The predicted molar refractivity (Wildman–Crippen MR) is 108 cm³/mol. The molecule has 0 unspecified atom stereocenters. The highest BCUT2D eigenvalue weighted by Crippen LogP contribution is 2.53. The number of nitrogens with zero attached hydrogens (tertiary/aromatic N) is 1. The quantitative estimate of drug-likeness (QED) is 0.322. The Balaban J connectivity index is 1.24. The number of imide groups is 1. The van der Waals surface area contributed by atoms with Crippen molar-refractivity contribution in [3.63, 3.8) is 0 Å². The molecule has 1 saturated heterocycles. The minimum absolute atomic E-state index is 0.129. The molecule has 7 heteroatoms. The van der Waals surface area contributed by atoms with Crippen molar-refractivity contribution < 1.29 is 28.3 Å². The number of ether oxygens (including phenoxy) is 1. The van der Waals surface area contributed by atoms with E-state index in [0.717, 1.165) is 18.6 Å². The monoisotopic (exact) mass is 419 g/mol. The van der Waals surface area contributed by atoms with Crippen LogP contribution < -0.4 is 4.90 Å². The van der Waals surface area contributed by atoms with Crippen LogP contribution in [0.5, 0.6) is 0 Å². The molecule has 1 heterocycles. The lowest BCUT2D eigenvalue weighted by Gasteiger charge is -2.17. The molecule has 2 fully saturated rings. The van der Waals surface area contributed by atoms with Gasteiger partial charge in [0, 0.05) is 5.56 Å². The maximum Gasteiger partial charge on any atom is 0.338 e. The fourth-order valence-corrected chi connectivity index (χ4v) is 4.84. The smallest absolute Gasteiger partial charge is 0.338 e. The number of esters is 1. The first-order chi connectivity index (χ1) is 14.9. The first kappa shape index (κ1) is 19.4. The number of benzene rings is 2. The molecule has 0 radical (unpaired) electrons. The topological polar surface area (TPSA) is 80.8 Å². The van der Waals surface area contributed by atoms with Gasteiger partial charge >= 0.3 is 5.97 Å². The van der Waals surface area contributed by atoms with Crippen molar-refractivity contribution in [2.24, 2.45) is 23.7 Å². The summed E-state index contributed by atoms with van der Waals surface area (Å²) < 4.78 is 18.0. The van der Waals surface area contributed by atoms with Gasteiger partial charge in [0.25, 0.3) is 0 Å². The van der Waals surface area contributed by atoms with Gasteiger partial charge in [0.15, 0.2) is 12.4 Å². The van der Waals surface area contributed by atoms with Crippen molar-refractivity contribution in [2.75, 3.05) is 11.5 Å². The summed E-state index contributed by atoms with van der Waals surface area (Å²) in [5.74, 6) is -2.31. The van der Waals surface area contributed by atoms with Crippen molar-refractivity contribution >= 4 is 29.3 Å². The highest BCUT2D eigenvalue weighted by atomic mass is 19.1. The van der Waals surface area contributed by atoms with Crippen LogP contribution in [0.25, 0.3) is 0 Å². The molecule has 0 N–H and O–H groups in total. The van der Waals surface area contributed by atoms with Crippen LogP contribution in [0.15, 0.2) is 60.7 Å². The molecule has 2 amide bonds. The number of hydrogen-bond donors (Lipinski definition) is 0. The first-order valence-electron chi connectivity index (χ1n) is 10.1. The van der Waals surface area contributed by atoms with Gasteiger partial charge in [0.2, 0.25) is 11.8 Å². The Morgan fingerprint density at radius 2 is 1.42 bits per heavy atom. The van der Waals surface area contributed by atoms with Crippen LogP contribution >= 0.6 is 0 Å². The van der Waals surface area contributed by atoms with Crippen LogP contribution in [0, 0.1) is 29.5 Å². The lowest BCUT2D eigenvalue weighted by molar-refractivity contribution is -0.123. The molecule has 1 aliphatic heterocycles. The summed E-state index contributed by atoms with van der Waals surface area (Å²) in [7, 11) is 0. The third-order valence-electron chi connectivity index (χ3n) is 6.33. The van der Waals surface area contributed by atoms with Crippen molar-refractivity contribution in [1.82, 2.24) is 0 Å². The number of amides is 2. The molecular weight excluding hydrogens is 401 g/mol. The second-order valence-electron chi connectivity index (χ2n) is 8.06. The van der Waals surface area contributed by atoms with Crippen LogP contribution in [0.1, 0.15) is 27.1 Å². The van der Waals surface area contributed by atoms with Crippen LogP contribution in [0.2, 0.25) is 0 Å². The number of fused-ring (bicyclic) bond motifs is 5. The summed E-state index contributed by atoms with van der Waals surface area (Å²) >= 11 is 0. The molecule has 4 atom stereocenters. The number of carbonyl (C=O) groups is 4. The highest BCUT2D eigenvalue weighted by molar-refractivity contribution is 6.22. The van der Waals surface area contributed by atoms with Crippen molar-refractivity contribution in [3.05, 3.63) is 77.6 Å². The second-order valence-corrected chi connectivity index (χ2v) is 8.06. The van der Waals surface area contributed by atoms with Crippen molar-refractivity contribution in [3.8, 4) is 0 Å². The zero-order valence-corrected chi connectivity index (χ0v) is 16.4. The van der Waals surface area contributed by atoms with Crippen molar-refractivity contribution in [2.45, 2.75) is 6.42 Å². The summed E-state index contributed by atoms with van der Waals surface area (Å²) in [6.45, 7) is -0.478. The van der Waals surface area contributed by atoms with Crippen LogP contribution in [0.3, 0.4) is 0 Å². The zero-order chi connectivity index (χ0) is 21.7. The third-order valence-corrected chi connectivity index (χ3v) is 6.33. The SMILES string of the molecule is O=C(COC(=O)c1ccc(N2C(=O)[C@@H]3[C@@H](C2=O)[C@H]2C=C[C@@H]3C2)cc1)c1ccc(F)cc1. The largest absolute Gasteiger partial charge is 0.454 e. The lowest BCUT2D eigenvalue weighted by atomic mass is 9.85. The summed E-state index contributed by atoms with van der Waals surface area (Å²) in [5.41, 5.74) is 0.851. The van der Waals surface area contributed by atoms with Gasteiger partial charge in [-0.15, -0.1) is 0 Å². The van der Waals surface area contributed by atoms with Gasteiger partial charge < -0.3 is 4.74 Å². The van der Waals surface area contributed by atoms with Gasteiger partial charge in [0.1, 0.15) is 5.82 Å². The normalized spacial score (nSPS) is 25.8. The summed E-state index contributed by atoms with van der Waals surface area (Å²) in [6, 6.07) is 10.9. The van der Waals surface area contributed by atoms with E-state index in [2.05, 4.69) is 0 Å². The van der Waals surface area contributed by atoms with Gasteiger partial charge in [0.05, 0.1) is 23.1 Å². The number of Topliss-reactive ketones (excluding diaryl/α,β-unsaturated/α-hetero) is 1. The lowest BCUT2D eigenvalue weighted by Crippen LogP contribution is -2.32. The fraction of sp³-hybridized carbons (Fsp3) is 0.250. The van der Waals surface area contributed by atoms with E-state index >= 15 is 0 Å². The Labute approximate surface area is 177 Å². The minimum atomic E-state index is -0.708. The van der Waals surface area contributed by atoms with E-state index in [9.17, 15) is 23.6 Å². The number of rotatable bonds is 5. The molecule has 2 bridgehead atoms. The molecule has 2 aromatic carbocycles. The second kappa shape index (κ2) is 7.27. The molecule has 5 rings (SSSR count). The summed E-state index contributed by atoms with van der Waals surface area (Å²) in [6.07, 6.45) is 4.93. The molecule has 0 aromatic heterocycles. The maximum absolute atomic E-state index is 12.9. The Morgan fingerprint density at radius 3 is 2.00 bits per heavy atom. The average Bonchev–Trinajstić information content (AvgIpc) is 3.46. The molecule has 1 saturated carbocycles. The molecule has 3 aliphatic rings. The van der Waals surface area contributed by atoms with E-state index in [1.165, 1.54) is 41.3 Å². The molecular formula is C24H18FNO5. The van der Waals surface area contributed by atoms with Gasteiger partial charge in [-0.3, -0.25) is 19.3 Å². The minimum Gasteiger partial charge on any atom is -0.454 e. The number of ketones is 1. The van der Waals surface area contributed by atoms with Gasteiger partial charge in [-0.2, -0.15) is 0 Å². The van der Waals surface area contributed by atoms with Gasteiger partial charge in [-0.25, -0.2) is 9.18 Å². The highest BCUT2D eigenvalue weighted by Gasteiger charge is 2.59. The number of halogens is 1. The molecule has 0 spiro atoms. The van der Waals surface area contributed by atoms with Gasteiger partial charge in [-0.1, -0.05) is 12.2 Å². The molecule has 156 valence electrons. The molecule has 6 nitrogen and oxygen atoms in total. The average molecular weight is 419 g/mol. The standard InChI is InChI=1S/C24H18FNO5/c25-17-7-3-13(4-8-17)19(27)12-31-24(30)14-5-9-18(10-6-14)26-22(28)20-15-1-2-16(11-15)21(20)23(26)29/h1-10,15-16,20-21H,11-12H2/t15-,16+,20-,21-/m0/s1. The van der Waals surface area contributed by atoms with Crippen LogP contribution in [-0.4, -0.2) is 30.2 Å². The Kier molecular flexibility index (Phi) is 4.54. The van der Waals surface area contributed by atoms with E-state index < -0.39 is 24.2 Å². The number of hydrogen-bond acceptors (Lipinski definition) is 5. The zero-order valence-electron chi connectivity index (χ0n) is 16.4. The van der Waals surface area contributed by atoms with E-state index in [0.29, 0.717) is 5.69 Å². The summed E-state index contributed by atoms with van der Waals surface area (Å²) in [4.78, 5) is 51.3. The van der Waals surface area contributed by atoms with Crippen LogP contribution in [-0.2, 0) is 14.3 Å². The molecule has 31 heavy (non-hydrogen) atoms. The first-order valence-corrected chi connectivity index (χ1v) is 10.1. The number of allylic oxidation sites excluding steroid dienone is 2. The van der Waals surface area contributed by atoms with E-state index in [1.54, 1.807) is 0 Å². The summed E-state index contributed by atoms with van der Waals surface area (Å²) in [5, 5.41) is 0. The number of carbonyl (C=O) groups excluding carboxylic acids is 4. The third kappa shape index (κ3) is 3.17. The fourth-order valence-electron chi connectivity index (χ4n) is 4.84. The maximum atomic E-state index is 12.9. The molecule has 2 aliphatic carbocycles.